The second kappa shape index (κ2) is 4.57. The monoisotopic (exact) mass is 205 g/mol. The van der Waals surface area contributed by atoms with Crippen LogP contribution in [0.1, 0.15) is 27.2 Å². The van der Waals surface area contributed by atoms with E-state index in [-0.39, 0.29) is 24.7 Å². The highest BCUT2D eigenvalue weighted by Crippen LogP contribution is 2.29. The summed E-state index contributed by atoms with van der Waals surface area (Å²) >= 11 is 0. The highest BCUT2D eigenvalue weighted by atomic mass is 16.7. The van der Waals surface area contributed by atoms with Crippen LogP contribution in [0.2, 0.25) is 0 Å². The van der Waals surface area contributed by atoms with Gasteiger partial charge in [0.15, 0.2) is 5.79 Å². The number of ether oxygens (including phenoxy) is 2. The van der Waals surface area contributed by atoms with Crippen molar-refractivity contribution < 1.29 is 19.7 Å². The Kier molecular flexibility index (Phi) is 3.89. The quantitative estimate of drug-likeness (QED) is 0.672. The SMILES string of the molecule is C[C@H](C[OH2+])[C@@H]1C[C@H](CO)OC(C)(C)O1. The number of aliphatic hydroxyl groups is 1. The van der Waals surface area contributed by atoms with Gasteiger partial charge in [-0.2, -0.15) is 0 Å². The summed E-state index contributed by atoms with van der Waals surface area (Å²) in [6, 6.07) is 0. The number of aliphatic hydroxyl groups excluding tert-OH is 1. The highest BCUT2D eigenvalue weighted by molar-refractivity contribution is 4.79. The van der Waals surface area contributed by atoms with E-state index in [1.807, 2.05) is 20.8 Å². The maximum absolute atomic E-state index is 9.07. The van der Waals surface area contributed by atoms with Crippen molar-refractivity contribution in [2.75, 3.05) is 13.2 Å². The Labute approximate surface area is 84.8 Å². The molecule has 1 saturated heterocycles. The highest BCUT2D eigenvalue weighted by Gasteiger charge is 2.37. The Morgan fingerprint density at radius 2 is 2.14 bits per heavy atom. The lowest BCUT2D eigenvalue weighted by molar-refractivity contribution is -0.312. The normalized spacial score (nSPS) is 34.1. The predicted molar refractivity (Wildman–Crippen MR) is 53.2 cm³/mol. The van der Waals surface area contributed by atoms with Gasteiger partial charge in [0.2, 0.25) is 0 Å². The van der Waals surface area contributed by atoms with Gasteiger partial charge >= 0.3 is 0 Å². The van der Waals surface area contributed by atoms with Crippen molar-refractivity contribution in [3.63, 3.8) is 0 Å². The summed E-state index contributed by atoms with van der Waals surface area (Å²) in [6.07, 6.45) is 0.547. The third kappa shape index (κ3) is 2.92. The maximum Gasteiger partial charge on any atom is 0.163 e. The van der Waals surface area contributed by atoms with Crippen LogP contribution < -0.4 is 0 Å². The third-order valence-electron chi connectivity index (χ3n) is 2.54. The van der Waals surface area contributed by atoms with Crippen LogP contribution in [0, 0.1) is 5.92 Å². The minimum atomic E-state index is -0.639. The molecule has 0 bridgehead atoms. The molecule has 0 amide bonds. The molecule has 0 unspecified atom stereocenters. The van der Waals surface area contributed by atoms with E-state index >= 15 is 0 Å². The van der Waals surface area contributed by atoms with Gasteiger partial charge in [-0.15, -0.1) is 0 Å². The second-order valence-corrected chi connectivity index (χ2v) is 4.40. The van der Waals surface area contributed by atoms with Crippen LogP contribution in [-0.2, 0) is 9.47 Å². The number of hydrogen-bond donors (Lipinski definition) is 1. The molecule has 0 aliphatic carbocycles. The van der Waals surface area contributed by atoms with Gasteiger partial charge in [0.25, 0.3) is 0 Å². The topological polar surface area (TPSA) is 61.6 Å². The molecular formula is C10H21O4+. The Morgan fingerprint density at radius 3 is 2.64 bits per heavy atom. The lowest BCUT2D eigenvalue weighted by Crippen LogP contribution is -2.48. The van der Waals surface area contributed by atoms with E-state index in [9.17, 15) is 0 Å². The molecule has 14 heavy (non-hydrogen) atoms. The van der Waals surface area contributed by atoms with Gasteiger partial charge in [0.05, 0.1) is 24.7 Å². The van der Waals surface area contributed by atoms with Crippen LogP contribution in [0.5, 0.6) is 0 Å². The van der Waals surface area contributed by atoms with Crippen molar-refractivity contribution in [1.82, 2.24) is 0 Å². The van der Waals surface area contributed by atoms with E-state index in [0.29, 0.717) is 13.0 Å². The zero-order valence-corrected chi connectivity index (χ0v) is 9.12. The third-order valence-corrected chi connectivity index (χ3v) is 2.54. The Balaban J connectivity index is 2.60. The molecule has 4 nitrogen and oxygen atoms in total. The first-order chi connectivity index (χ1) is 6.48. The van der Waals surface area contributed by atoms with Crippen molar-refractivity contribution in [2.24, 2.45) is 5.92 Å². The molecular weight excluding hydrogens is 184 g/mol. The Hall–Kier alpha value is -0.160. The van der Waals surface area contributed by atoms with E-state index in [1.165, 1.54) is 0 Å². The summed E-state index contributed by atoms with van der Waals surface area (Å²) in [6.45, 7) is 6.05. The average Bonchev–Trinajstić information content (AvgIpc) is 2.14. The molecule has 0 aromatic heterocycles. The fourth-order valence-corrected chi connectivity index (χ4v) is 1.74. The first-order valence-corrected chi connectivity index (χ1v) is 5.09. The zero-order chi connectivity index (χ0) is 10.8. The van der Waals surface area contributed by atoms with E-state index in [1.54, 1.807) is 0 Å². The zero-order valence-electron chi connectivity index (χ0n) is 9.12. The van der Waals surface area contributed by atoms with Crippen molar-refractivity contribution in [2.45, 2.75) is 45.2 Å². The Bertz CT molecular complexity index is 181. The minimum absolute atomic E-state index is 0.0217. The van der Waals surface area contributed by atoms with Gasteiger partial charge in [-0.25, -0.2) is 0 Å². The van der Waals surface area contributed by atoms with Crippen LogP contribution in [-0.4, -0.2) is 41.4 Å². The minimum Gasteiger partial charge on any atom is -0.445 e. The fourth-order valence-electron chi connectivity index (χ4n) is 1.74. The van der Waals surface area contributed by atoms with Gasteiger partial charge in [-0.3, -0.25) is 0 Å². The molecule has 3 N–H and O–H groups in total. The lowest BCUT2D eigenvalue weighted by atomic mass is 9.98. The summed E-state index contributed by atoms with van der Waals surface area (Å²) in [7, 11) is 0. The molecule has 3 atom stereocenters. The average molecular weight is 205 g/mol. The van der Waals surface area contributed by atoms with Crippen LogP contribution >= 0.6 is 0 Å². The molecule has 0 saturated carbocycles. The number of rotatable bonds is 3. The van der Waals surface area contributed by atoms with Crippen molar-refractivity contribution in [3.05, 3.63) is 0 Å². The lowest BCUT2D eigenvalue weighted by Gasteiger charge is -2.41. The van der Waals surface area contributed by atoms with Gasteiger partial charge < -0.3 is 19.7 Å². The summed E-state index contributed by atoms with van der Waals surface area (Å²) in [4.78, 5) is 0. The van der Waals surface area contributed by atoms with Crippen LogP contribution in [0.15, 0.2) is 0 Å². The van der Waals surface area contributed by atoms with Crippen LogP contribution in [0.4, 0.5) is 0 Å². The first kappa shape index (κ1) is 11.9. The smallest absolute Gasteiger partial charge is 0.163 e. The standard InChI is InChI=1S/C10H20O4/c1-7(5-11)9-4-8(6-12)13-10(2,3)14-9/h7-9,11-12H,4-6H2,1-3H3/p+1/t7-,8-,9+/m1/s1. The van der Waals surface area contributed by atoms with Gasteiger partial charge in [-0.1, -0.05) is 6.92 Å². The maximum atomic E-state index is 9.07. The summed E-state index contributed by atoms with van der Waals surface area (Å²) < 4.78 is 11.2. The first-order valence-electron chi connectivity index (χ1n) is 5.09. The molecule has 0 radical (unpaired) electrons. The molecule has 1 heterocycles. The summed E-state index contributed by atoms with van der Waals surface area (Å²) in [5.74, 6) is -0.452. The summed E-state index contributed by atoms with van der Waals surface area (Å²) in [5, 5.41) is 16.4. The van der Waals surface area contributed by atoms with E-state index in [4.69, 9.17) is 19.7 Å². The molecule has 84 valence electrons. The van der Waals surface area contributed by atoms with E-state index in [2.05, 4.69) is 0 Å². The summed E-state index contributed by atoms with van der Waals surface area (Å²) in [5.41, 5.74) is 0. The van der Waals surface area contributed by atoms with Crippen molar-refractivity contribution >= 4 is 0 Å². The van der Waals surface area contributed by atoms with Crippen LogP contribution in [0.25, 0.3) is 0 Å². The number of hydrogen-bond acceptors (Lipinski definition) is 3. The molecule has 0 spiro atoms. The van der Waals surface area contributed by atoms with E-state index < -0.39 is 5.79 Å². The second-order valence-electron chi connectivity index (χ2n) is 4.40. The molecule has 1 aliphatic rings. The molecule has 4 heteroatoms. The van der Waals surface area contributed by atoms with E-state index in [0.717, 1.165) is 0 Å². The largest absolute Gasteiger partial charge is 0.445 e. The molecule has 1 fully saturated rings. The van der Waals surface area contributed by atoms with Crippen LogP contribution in [0.3, 0.4) is 0 Å². The molecule has 0 aromatic rings. The fraction of sp³-hybridized carbons (Fsp3) is 1.00. The van der Waals surface area contributed by atoms with Gasteiger partial charge in [0.1, 0.15) is 6.61 Å². The molecule has 1 rings (SSSR count). The van der Waals surface area contributed by atoms with Crippen molar-refractivity contribution in [3.8, 4) is 0 Å². The molecule has 1 aliphatic heterocycles. The van der Waals surface area contributed by atoms with Gasteiger partial charge in [0, 0.05) is 6.42 Å². The Morgan fingerprint density at radius 1 is 1.50 bits per heavy atom. The van der Waals surface area contributed by atoms with Crippen molar-refractivity contribution in [1.29, 1.82) is 0 Å². The molecule has 0 aromatic carbocycles. The predicted octanol–water partition coefficient (Wildman–Crippen LogP) is 0.250. The van der Waals surface area contributed by atoms with Gasteiger partial charge in [-0.05, 0) is 13.8 Å².